The molecule has 0 aliphatic carbocycles. The van der Waals surface area contributed by atoms with Crippen LogP contribution in [0, 0.1) is 0 Å². The second-order valence-corrected chi connectivity index (χ2v) is 5.67. The summed E-state index contributed by atoms with van der Waals surface area (Å²) in [5, 5.41) is 4.93. The standard InChI is InChI=1S/C13H9BrN4O2S/c1-20-12-10(11(19)18-13-17-9(14)6-21-13)15-7-4-2-3-5-8(7)16-12/h2-6H,1H3,(H,17,18,19). The van der Waals surface area contributed by atoms with Crippen LogP contribution in [-0.4, -0.2) is 28.0 Å². The van der Waals surface area contributed by atoms with Gasteiger partial charge in [-0.3, -0.25) is 10.1 Å². The number of amides is 1. The summed E-state index contributed by atoms with van der Waals surface area (Å²) in [5.74, 6) is -0.228. The molecule has 1 amide bonds. The molecule has 0 aliphatic rings. The zero-order valence-corrected chi connectivity index (χ0v) is 13.2. The van der Waals surface area contributed by atoms with E-state index < -0.39 is 5.91 Å². The summed E-state index contributed by atoms with van der Waals surface area (Å²) in [6.07, 6.45) is 0. The lowest BCUT2D eigenvalue weighted by Gasteiger charge is -2.07. The first-order chi connectivity index (χ1) is 10.2. The molecule has 3 aromatic rings. The third kappa shape index (κ3) is 2.86. The van der Waals surface area contributed by atoms with E-state index in [0.29, 0.717) is 20.8 Å². The molecular formula is C13H9BrN4O2S. The molecule has 0 atom stereocenters. The second-order valence-electron chi connectivity index (χ2n) is 4.00. The van der Waals surface area contributed by atoms with Crippen LogP contribution >= 0.6 is 27.3 Å². The van der Waals surface area contributed by atoms with Gasteiger partial charge in [-0.05, 0) is 28.1 Å². The minimum Gasteiger partial charge on any atom is -0.479 e. The van der Waals surface area contributed by atoms with E-state index >= 15 is 0 Å². The number of aromatic nitrogens is 3. The number of carbonyl (C=O) groups excluding carboxylic acids is 1. The van der Waals surface area contributed by atoms with Crippen LogP contribution in [0.4, 0.5) is 5.13 Å². The molecule has 3 rings (SSSR count). The molecule has 1 aromatic carbocycles. The molecule has 0 spiro atoms. The van der Waals surface area contributed by atoms with Crippen LogP contribution in [0.25, 0.3) is 11.0 Å². The molecule has 8 heteroatoms. The van der Waals surface area contributed by atoms with Gasteiger partial charge in [0.15, 0.2) is 10.8 Å². The first kappa shape index (κ1) is 13.9. The van der Waals surface area contributed by atoms with Crippen molar-refractivity contribution in [3.63, 3.8) is 0 Å². The van der Waals surface area contributed by atoms with Gasteiger partial charge >= 0.3 is 0 Å². The Bertz CT molecular complexity index is 821. The van der Waals surface area contributed by atoms with Crippen LogP contribution in [0.3, 0.4) is 0 Å². The van der Waals surface area contributed by atoms with Crippen molar-refractivity contribution in [2.24, 2.45) is 0 Å². The van der Waals surface area contributed by atoms with E-state index in [1.54, 1.807) is 11.4 Å². The summed E-state index contributed by atoms with van der Waals surface area (Å²) in [4.78, 5) is 25.0. The fraction of sp³-hybridized carbons (Fsp3) is 0.0769. The topological polar surface area (TPSA) is 77.0 Å². The average molecular weight is 365 g/mol. The fourth-order valence-corrected chi connectivity index (χ4v) is 2.88. The zero-order valence-electron chi connectivity index (χ0n) is 10.8. The number of anilines is 1. The zero-order chi connectivity index (χ0) is 14.8. The molecule has 0 fully saturated rings. The van der Waals surface area contributed by atoms with E-state index in [1.165, 1.54) is 18.4 Å². The molecule has 0 aliphatic heterocycles. The van der Waals surface area contributed by atoms with Gasteiger partial charge in [0, 0.05) is 5.38 Å². The predicted octanol–water partition coefficient (Wildman–Crippen LogP) is 3.11. The third-order valence-electron chi connectivity index (χ3n) is 2.64. The molecule has 1 N–H and O–H groups in total. The van der Waals surface area contributed by atoms with E-state index in [1.807, 2.05) is 18.2 Å². The number of nitrogens with one attached hydrogen (secondary N) is 1. The number of thiazole rings is 1. The lowest BCUT2D eigenvalue weighted by Crippen LogP contribution is -2.16. The highest BCUT2D eigenvalue weighted by Gasteiger charge is 2.18. The molecule has 0 bridgehead atoms. The summed E-state index contributed by atoms with van der Waals surface area (Å²) in [6.45, 7) is 0. The van der Waals surface area contributed by atoms with Gasteiger partial charge in [-0.25, -0.2) is 15.0 Å². The number of ether oxygens (including phenoxy) is 1. The van der Waals surface area contributed by atoms with Crippen LogP contribution < -0.4 is 10.1 Å². The van der Waals surface area contributed by atoms with Crippen molar-refractivity contribution < 1.29 is 9.53 Å². The largest absolute Gasteiger partial charge is 0.479 e. The molecule has 106 valence electrons. The summed E-state index contributed by atoms with van der Waals surface area (Å²) >= 11 is 4.55. The number of para-hydroxylation sites is 2. The van der Waals surface area contributed by atoms with Gasteiger partial charge in [-0.1, -0.05) is 12.1 Å². The number of benzene rings is 1. The van der Waals surface area contributed by atoms with E-state index in [9.17, 15) is 4.79 Å². The highest BCUT2D eigenvalue weighted by Crippen LogP contribution is 2.22. The Morgan fingerprint density at radius 1 is 1.24 bits per heavy atom. The van der Waals surface area contributed by atoms with Gasteiger partial charge in [0.2, 0.25) is 5.88 Å². The maximum absolute atomic E-state index is 12.3. The van der Waals surface area contributed by atoms with Gasteiger partial charge in [0.05, 0.1) is 18.1 Å². The van der Waals surface area contributed by atoms with Crippen LogP contribution in [0.15, 0.2) is 34.2 Å². The molecule has 0 unspecified atom stereocenters. The van der Waals surface area contributed by atoms with Gasteiger partial charge in [-0.2, -0.15) is 0 Å². The normalized spacial score (nSPS) is 10.6. The number of carbonyl (C=O) groups is 1. The first-order valence-electron chi connectivity index (χ1n) is 5.90. The van der Waals surface area contributed by atoms with Gasteiger partial charge in [-0.15, -0.1) is 11.3 Å². The van der Waals surface area contributed by atoms with Gasteiger partial charge < -0.3 is 4.74 Å². The van der Waals surface area contributed by atoms with Gasteiger partial charge in [0.25, 0.3) is 5.91 Å². The van der Waals surface area contributed by atoms with Crippen molar-refractivity contribution in [3.05, 3.63) is 39.9 Å². The van der Waals surface area contributed by atoms with Gasteiger partial charge in [0.1, 0.15) is 4.60 Å². The Morgan fingerprint density at radius 3 is 2.57 bits per heavy atom. The molecule has 0 radical (unpaired) electrons. The van der Waals surface area contributed by atoms with Crippen LogP contribution in [0.5, 0.6) is 5.88 Å². The van der Waals surface area contributed by atoms with Crippen LogP contribution in [-0.2, 0) is 0 Å². The maximum atomic E-state index is 12.3. The van der Waals surface area contributed by atoms with Crippen molar-refractivity contribution in [1.29, 1.82) is 0 Å². The number of fused-ring (bicyclic) bond motifs is 1. The van der Waals surface area contributed by atoms with E-state index in [-0.39, 0.29) is 11.6 Å². The quantitative estimate of drug-likeness (QED) is 0.772. The van der Waals surface area contributed by atoms with Crippen molar-refractivity contribution >= 4 is 49.3 Å². The summed E-state index contributed by atoms with van der Waals surface area (Å²) in [5.41, 5.74) is 1.43. The number of methoxy groups -OCH3 is 1. The highest BCUT2D eigenvalue weighted by molar-refractivity contribution is 9.10. The van der Waals surface area contributed by atoms with Crippen molar-refractivity contribution in [2.45, 2.75) is 0 Å². The van der Waals surface area contributed by atoms with E-state index in [0.717, 1.165) is 0 Å². The summed E-state index contributed by atoms with van der Waals surface area (Å²) < 4.78 is 5.82. The van der Waals surface area contributed by atoms with Crippen LogP contribution in [0.2, 0.25) is 0 Å². The lowest BCUT2D eigenvalue weighted by atomic mass is 10.3. The highest BCUT2D eigenvalue weighted by atomic mass is 79.9. The van der Waals surface area contributed by atoms with E-state index in [4.69, 9.17) is 4.74 Å². The summed E-state index contributed by atoms with van der Waals surface area (Å²) in [6, 6.07) is 7.29. The lowest BCUT2D eigenvalue weighted by molar-refractivity contribution is 0.101. The minimum absolute atomic E-state index is 0.127. The fourth-order valence-electron chi connectivity index (χ4n) is 1.74. The maximum Gasteiger partial charge on any atom is 0.281 e. The molecular weight excluding hydrogens is 356 g/mol. The Labute approximate surface area is 132 Å². The molecule has 2 aromatic heterocycles. The predicted molar refractivity (Wildman–Crippen MR) is 83.9 cm³/mol. The van der Waals surface area contributed by atoms with Crippen molar-refractivity contribution in [1.82, 2.24) is 15.0 Å². The molecule has 2 heterocycles. The Morgan fingerprint density at radius 2 is 1.95 bits per heavy atom. The number of hydrogen-bond donors (Lipinski definition) is 1. The van der Waals surface area contributed by atoms with E-state index in [2.05, 4.69) is 36.2 Å². The number of rotatable bonds is 3. The Hall–Kier alpha value is -2.06. The first-order valence-corrected chi connectivity index (χ1v) is 7.58. The van der Waals surface area contributed by atoms with Crippen molar-refractivity contribution in [2.75, 3.05) is 12.4 Å². The number of halogens is 1. The third-order valence-corrected chi connectivity index (χ3v) is 4.11. The molecule has 21 heavy (non-hydrogen) atoms. The number of hydrogen-bond acceptors (Lipinski definition) is 6. The second kappa shape index (κ2) is 5.74. The monoisotopic (exact) mass is 364 g/mol. The average Bonchev–Trinajstić information content (AvgIpc) is 2.90. The smallest absolute Gasteiger partial charge is 0.281 e. The minimum atomic E-state index is -0.410. The molecule has 6 nitrogen and oxygen atoms in total. The van der Waals surface area contributed by atoms with Crippen LogP contribution in [0.1, 0.15) is 10.5 Å². The number of nitrogens with zero attached hydrogens (tertiary/aromatic N) is 3. The Kier molecular flexibility index (Phi) is 3.80. The Balaban J connectivity index is 1.99. The van der Waals surface area contributed by atoms with Crippen molar-refractivity contribution in [3.8, 4) is 5.88 Å². The SMILES string of the molecule is COc1nc2ccccc2nc1C(=O)Nc1nc(Br)cs1. The summed E-state index contributed by atoms with van der Waals surface area (Å²) in [7, 11) is 1.45. The molecule has 0 saturated carbocycles. The molecule has 0 saturated heterocycles.